The van der Waals surface area contributed by atoms with Crippen LogP contribution in [0.15, 0.2) is 36.8 Å². The number of nitrogens with zero attached hydrogens (tertiary/aromatic N) is 3. The molecule has 0 unspecified atom stereocenters. The van der Waals surface area contributed by atoms with Crippen LogP contribution < -0.4 is 5.32 Å². The van der Waals surface area contributed by atoms with E-state index in [1.54, 1.807) is 6.20 Å². The highest BCUT2D eigenvalue weighted by atomic mass is 16.1. The van der Waals surface area contributed by atoms with Gasteiger partial charge in [0.2, 0.25) is 0 Å². The zero-order valence-corrected chi connectivity index (χ0v) is 14.2. The van der Waals surface area contributed by atoms with Gasteiger partial charge in [0.05, 0.1) is 11.3 Å². The van der Waals surface area contributed by atoms with Crippen molar-refractivity contribution in [2.75, 3.05) is 18.4 Å². The molecule has 24 heavy (non-hydrogen) atoms. The molecule has 0 atom stereocenters. The number of rotatable bonds is 6. The van der Waals surface area contributed by atoms with E-state index >= 15 is 0 Å². The number of benzene rings is 1. The van der Waals surface area contributed by atoms with Gasteiger partial charge >= 0.3 is 0 Å². The van der Waals surface area contributed by atoms with Gasteiger partial charge in [-0.05, 0) is 50.0 Å². The molecule has 0 bridgehead atoms. The molecule has 126 valence electrons. The summed E-state index contributed by atoms with van der Waals surface area (Å²) < 4.78 is 0. The number of carbonyl (C=O) groups excluding carboxylic acids is 1. The molecular weight excluding hydrogens is 300 g/mol. The molecule has 1 aliphatic rings. The van der Waals surface area contributed by atoms with Crippen molar-refractivity contribution in [3.05, 3.63) is 53.6 Å². The Morgan fingerprint density at radius 3 is 2.92 bits per heavy atom. The Morgan fingerprint density at radius 1 is 1.29 bits per heavy atom. The number of carbonyl (C=O) groups is 1. The van der Waals surface area contributed by atoms with Crippen molar-refractivity contribution in [1.82, 2.24) is 14.9 Å². The summed E-state index contributed by atoms with van der Waals surface area (Å²) in [6, 6.07) is 8.09. The van der Waals surface area contributed by atoms with Crippen molar-refractivity contribution in [3.8, 4) is 0 Å². The van der Waals surface area contributed by atoms with Gasteiger partial charge < -0.3 is 5.32 Å². The van der Waals surface area contributed by atoms with Gasteiger partial charge in [-0.3, -0.25) is 9.69 Å². The number of nitrogens with one attached hydrogen (secondary N) is 1. The number of aryl methyl sites for hydroxylation is 1. The molecule has 3 rings (SSSR count). The van der Waals surface area contributed by atoms with Crippen molar-refractivity contribution in [1.29, 1.82) is 0 Å². The molecule has 1 saturated heterocycles. The van der Waals surface area contributed by atoms with E-state index < -0.39 is 0 Å². The fraction of sp³-hybridized carbons (Fsp3) is 0.421. The first-order valence-corrected chi connectivity index (χ1v) is 8.68. The van der Waals surface area contributed by atoms with Gasteiger partial charge in [0.25, 0.3) is 5.91 Å². The van der Waals surface area contributed by atoms with Crippen molar-refractivity contribution < 1.29 is 4.79 Å². The first-order chi connectivity index (χ1) is 11.8. The van der Waals surface area contributed by atoms with Gasteiger partial charge in [-0.1, -0.05) is 25.5 Å². The lowest BCUT2D eigenvalue weighted by Gasteiger charge is -2.15. The topological polar surface area (TPSA) is 58.1 Å². The minimum atomic E-state index is -0.141. The molecule has 5 nitrogen and oxygen atoms in total. The number of amides is 1. The SMILES string of the molecule is CCCc1ncncc1C(=O)Nc1cccc(CN2CCCC2)c1. The summed E-state index contributed by atoms with van der Waals surface area (Å²) >= 11 is 0. The Labute approximate surface area is 143 Å². The molecular formula is C19H24N4O. The Bertz CT molecular complexity index is 695. The van der Waals surface area contributed by atoms with E-state index in [4.69, 9.17) is 0 Å². The second kappa shape index (κ2) is 8.02. The van der Waals surface area contributed by atoms with Gasteiger partial charge in [-0.25, -0.2) is 9.97 Å². The standard InChI is InChI=1S/C19H24N4O/c1-2-6-18-17(12-20-14-21-18)19(24)22-16-8-5-7-15(11-16)13-23-9-3-4-10-23/h5,7-8,11-12,14H,2-4,6,9-10,13H2,1H3,(H,22,24). The summed E-state index contributed by atoms with van der Waals surface area (Å²) in [5.74, 6) is -0.141. The number of likely N-dealkylation sites (tertiary alicyclic amines) is 1. The van der Waals surface area contributed by atoms with E-state index in [9.17, 15) is 4.79 Å². The third-order valence-corrected chi connectivity index (χ3v) is 4.32. The minimum absolute atomic E-state index is 0.141. The van der Waals surface area contributed by atoms with E-state index in [1.807, 2.05) is 12.1 Å². The van der Waals surface area contributed by atoms with Crippen molar-refractivity contribution in [3.63, 3.8) is 0 Å². The highest BCUT2D eigenvalue weighted by Crippen LogP contribution is 2.17. The van der Waals surface area contributed by atoms with Crippen LogP contribution in [0.1, 0.15) is 47.8 Å². The fourth-order valence-corrected chi connectivity index (χ4v) is 3.13. The van der Waals surface area contributed by atoms with E-state index in [1.165, 1.54) is 24.7 Å². The molecule has 0 spiro atoms. The predicted octanol–water partition coefficient (Wildman–Crippen LogP) is 3.28. The summed E-state index contributed by atoms with van der Waals surface area (Å²) in [4.78, 5) is 23.3. The van der Waals surface area contributed by atoms with Gasteiger partial charge in [0.1, 0.15) is 6.33 Å². The smallest absolute Gasteiger partial charge is 0.259 e. The zero-order chi connectivity index (χ0) is 16.8. The number of anilines is 1. The van der Waals surface area contributed by atoms with Crippen LogP contribution in [0.5, 0.6) is 0 Å². The summed E-state index contributed by atoms with van der Waals surface area (Å²) in [5, 5.41) is 2.98. The Morgan fingerprint density at radius 2 is 2.12 bits per heavy atom. The second-order valence-corrected chi connectivity index (χ2v) is 6.27. The minimum Gasteiger partial charge on any atom is -0.322 e. The third kappa shape index (κ3) is 4.17. The zero-order valence-electron chi connectivity index (χ0n) is 14.2. The van der Waals surface area contributed by atoms with Crippen molar-refractivity contribution in [2.45, 2.75) is 39.2 Å². The number of hydrogen-bond donors (Lipinski definition) is 1. The molecule has 1 N–H and O–H groups in total. The quantitative estimate of drug-likeness (QED) is 0.886. The first kappa shape index (κ1) is 16.6. The molecule has 0 radical (unpaired) electrons. The number of hydrogen-bond acceptors (Lipinski definition) is 4. The van der Waals surface area contributed by atoms with Crippen LogP contribution in [-0.4, -0.2) is 33.9 Å². The monoisotopic (exact) mass is 324 g/mol. The highest BCUT2D eigenvalue weighted by molar-refractivity contribution is 6.04. The van der Waals surface area contributed by atoms with Gasteiger partial charge in [-0.15, -0.1) is 0 Å². The van der Waals surface area contributed by atoms with Gasteiger partial charge in [0, 0.05) is 18.4 Å². The van der Waals surface area contributed by atoms with Crippen molar-refractivity contribution in [2.24, 2.45) is 0 Å². The maximum Gasteiger partial charge on any atom is 0.259 e. The lowest BCUT2D eigenvalue weighted by atomic mass is 10.1. The molecule has 1 aromatic heterocycles. The lowest BCUT2D eigenvalue weighted by Crippen LogP contribution is -2.19. The average molecular weight is 324 g/mol. The van der Waals surface area contributed by atoms with Crippen molar-refractivity contribution >= 4 is 11.6 Å². The molecule has 2 aromatic rings. The van der Waals surface area contributed by atoms with E-state index in [2.05, 4.69) is 39.2 Å². The second-order valence-electron chi connectivity index (χ2n) is 6.27. The maximum absolute atomic E-state index is 12.6. The molecule has 0 aliphatic carbocycles. The third-order valence-electron chi connectivity index (χ3n) is 4.32. The van der Waals surface area contributed by atoms with E-state index in [-0.39, 0.29) is 5.91 Å². The predicted molar refractivity (Wildman–Crippen MR) is 94.9 cm³/mol. The van der Waals surface area contributed by atoms with Crippen LogP contribution in [0.25, 0.3) is 0 Å². The highest BCUT2D eigenvalue weighted by Gasteiger charge is 2.14. The van der Waals surface area contributed by atoms with Crippen LogP contribution in [0, 0.1) is 0 Å². The molecule has 1 fully saturated rings. The summed E-state index contributed by atoms with van der Waals surface area (Å²) in [5.41, 5.74) is 3.42. The summed E-state index contributed by atoms with van der Waals surface area (Å²) in [6.07, 6.45) is 7.39. The van der Waals surface area contributed by atoms with Crippen LogP contribution in [0.2, 0.25) is 0 Å². The van der Waals surface area contributed by atoms with E-state index in [0.717, 1.165) is 43.9 Å². The molecule has 1 aromatic carbocycles. The van der Waals surface area contributed by atoms with Crippen LogP contribution in [-0.2, 0) is 13.0 Å². The normalized spacial score (nSPS) is 14.7. The van der Waals surface area contributed by atoms with Crippen LogP contribution in [0.3, 0.4) is 0 Å². The largest absolute Gasteiger partial charge is 0.322 e. The van der Waals surface area contributed by atoms with Gasteiger partial charge in [0.15, 0.2) is 0 Å². The maximum atomic E-state index is 12.6. The Hall–Kier alpha value is -2.27. The van der Waals surface area contributed by atoms with Gasteiger partial charge in [-0.2, -0.15) is 0 Å². The summed E-state index contributed by atoms with van der Waals surface area (Å²) in [6.45, 7) is 5.35. The molecule has 1 aliphatic heterocycles. The first-order valence-electron chi connectivity index (χ1n) is 8.68. The number of aromatic nitrogens is 2. The fourth-order valence-electron chi connectivity index (χ4n) is 3.13. The molecule has 2 heterocycles. The average Bonchev–Trinajstić information content (AvgIpc) is 3.09. The summed E-state index contributed by atoms with van der Waals surface area (Å²) in [7, 11) is 0. The van der Waals surface area contributed by atoms with Crippen LogP contribution in [0.4, 0.5) is 5.69 Å². The Balaban J connectivity index is 1.70. The van der Waals surface area contributed by atoms with Crippen LogP contribution >= 0.6 is 0 Å². The van der Waals surface area contributed by atoms with E-state index in [0.29, 0.717) is 5.56 Å². The molecule has 0 saturated carbocycles. The lowest BCUT2D eigenvalue weighted by molar-refractivity contribution is 0.102. The molecule has 5 heteroatoms. The Kier molecular flexibility index (Phi) is 5.54. The molecule has 1 amide bonds.